The molecule has 0 fully saturated rings. The molecule has 0 saturated carbocycles. The van der Waals surface area contributed by atoms with Crippen molar-refractivity contribution < 1.29 is 4.74 Å². The maximum Gasteiger partial charge on any atom is 0.0991 e. The van der Waals surface area contributed by atoms with Gasteiger partial charge in [-0.05, 0) is 55.4 Å². The molecule has 32 heavy (non-hydrogen) atoms. The second-order valence-corrected chi connectivity index (χ2v) is 7.24. The third kappa shape index (κ3) is 8.32. The van der Waals surface area contributed by atoms with E-state index in [2.05, 4.69) is 73.5 Å². The highest BCUT2D eigenvalue weighted by molar-refractivity contribution is 5.75. The monoisotopic (exact) mass is 433 g/mol. The number of hydrogen-bond acceptors (Lipinski definition) is 3. The molecule has 2 aromatic rings. The van der Waals surface area contributed by atoms with Gasteiger partial charge in [-0.3, -0.25) is 5.10 Å². The van der Waals surface area contributed by atoms with Crippen LogP contribution in [0.3, 0.4) is 0 Å². The van der Waals surface area contributed by atoms with Crippen molar-refractivity contribution in [3.8, 4) is 6.07 Å². The van der Waals surface area contributed by atoms with E-state index >= 15 is 0 Å². The number of H-pyrrole nitrogens is 1. The molecule has 0 saturated heterocycles. The van der Waals surface area contributed by atoms with E-state index in [0.29, 0.717) is 0 Å². The first kappa shape index (κ1) is 27.1. The van der Waals surface area contributed by atoms with Crippen LogP contribution in [0.5, 0.6) is 0 Å². The van der Waals surface area contributed by atoms with E-state index in [1.807, 2.05) is 32.9 Å². The van der Waals surface area contributed by atoms with Gasteiger partial charge in [0.2, 0.25) is 0 Å². The van der Waals surface area contributed by atoms with Crippen molar-refractivity contribution in [2.24, 2.45) is 0 Å². The van der Waals surface area contributed by atoms with E-state index in [4.69, 9.17) is 4.74 Å². The third-order valence-corrected chi connectivity index (χ3v) is 4.86. The summed E-state index contributed by atoms with van der Waals surface area (Å²) in [6.07, 6.45) is 12.2. The van der Waals surface area contributed by atoms with E-state index in [-0.39, 0.29) is 0 Å². The first-order valence-corrected chi connectivity index (χ1v) is 11.8. The highest BCUT2D eigenvalue weighted by Gasteiger charge is 2.08. The summed E-state index contributed by atoms with van der Waals surface area (Å²) in [6.45, 7) is 14.2. The number of aromatic amines is 1. The van der Waals surface area contributed by atoms with Crippen molar-refractivity contribution in [3.63, 3.8) is 0 Å². The molecule has 0 spiro atoms. The van der Waals surface area contributed by atoms with Crippen LogP contribution < -0.4 is 10.6 Å². The lowest BCUT2D eigenvalue weighted by Crippen LogP contribution is -2.25. The molecular weight excluding hydrogens is 394 g/mol. The van der Waals surface area contributed by atoms with Crippen LogP contribution in [0.25, 0.3) is 23.8 Å². The van der Waals surface area contributed by atoms with E-state index in [1.54, 1.807) is 0 Å². The molecule has 0 atom stereocenters. The number of allylic oxidation sites excluding steroid dienone is 2. The standard InChI is InChI=1S/C20H19N3.C6H14O.C2H6/c1-3-15-6-4-7-16(12-15)10-11-19-20-14(2)17(13-21)8-5-9-18(20)22-23-19;1-3-5-7-6-4-2;1-2/h4,6-12,22H,3,5H2,1-2H3;3-6H2,1-2H3;1-2H3/b11-10+;;. The summed E-state index contributed by atoms with van der Waals surface area (Å²) in [7, 11) is 0. The normalized spacial score (nSPS) is 12.3. The molecule has 1 aliphatic carbocycles. The number of nitrogens with zero attached hydrogens (tertiary/aromatic N) is 2. The second-order valence-electron chi connectivity index (χ2n) is 7.24. The Bertz CT molecular complexity index is 1030. The fourth-order valence-electron chi connectivity index (χ4n) is 3.23. The minimum absolute atomic E-state index is 0.726. The predicted octanol–water partition coefficient (Wildman–Crippen LogP) is 5.80. The summed E-state index contributed by atoms with van der Waals surface area (Å²) in [4.78, 5) is 0. The Hall–Kier alpha value is -2.90. The highest BCUT2D eigenvalue weighted by Crippen LogP contribution is 2.12. The molecule has 1 aliphatic rings. The van der Waals surface area contributed by atoms with Gasteiger partial charge in [0.05, 0.1) is 22.7 Å². The molecule has 172 valence electrons. The largest absolute Gasteiger partial charge is 0.381 e. The van der Waals surface area contributed by atoms with Crippen LogP contribution in [0, 0.1) is 11.3 Å². The van der Waals surface area contributed by atoms with Gasteiger partial charge in [-0.2, -0.15) is 10.4 Å². The van der Waals surface area contributed by atoms with Crippen LogP contribution in [0.15, 0.2) is 35.9 Å². The number of hydrogen-bond donors (Lipinski definition) is 1. The molecule has 0 radical (unpaired) electrons. The number of nitrogens with one attached hydrogen (secondary N) is 1. The van der Waals surface area contributed by atoms with Crippen LogP contribution in [-0.2, 0) is 11.2 Å². The van der Waals surface area contributed by atoms with E-state index in [1.165, 1.54) is 5.56 Å². The number of benzene rings is 1. The first-order valence-electron chi connectivity index (χ1n) is 11.8. The van der Waals surface area contributed by atoms with Gasteiger partial charge < -0.3 is 4.74 Å². The van der Waals surface area contributed by atoms with Gasteiger partial charge in [0.1, 0.15) is 0 Å². The Labute approximate surface area is 194 Å². The van der Waals surface area contributed by atoms with Gasteiger partial charge in [0.25, 0.3) is 0 Å². The Morgan fingerprint density at radius 3 is 2.44 bits per heavy atom. The minimum Gasteiger partial charge on any atom is -0.381 e. The zero-order chi connectivity index (χ0) is 23.8. The number of aromatic nitrogens is 2. The Morgan fingerprint density at radius 1 is 1.09 bits per heavy atom. The topological polar surface area (TPSA) is 61.7 Å². The fourth-order valence-corrected chi connectivity index (χ4v) is 3.23. The van der Waals surface area contributed by atoms with Crippen molar-refractivity contribution >= 4 is 23.8 Å². The molecular formula is C28H39N3O. The van der Waals surface area contributed by atoms with E-state index in [0.717, 1.165) is 71.9 Å². The van der Waals surface area contributed by atoms with Crippen LogP contribution >= 0.6 is 0 Å². The highest BCUT2D eigenvalue weighted by atomic mass is 16.5. The molecule has 3 rings (SSSR count). The van der Waals surface area contributed by atoms with Gasteiger partial charge in [0.15, 0.2) is 0 Å². The van der Waals surface area contributed by atoms with Crippen LogP contribution in [0.4, 0.5) is 0 Å². The number of nitriles is 1. The summed E-state index contributed by atoms with van der Waals surface area (Å²) in [5.41, 5.74) is 5.06. The molecule has 0 unspecified atom stereocenters. The molecule has 0 aliphatic heterocycles. The average molecular weight is 434 g/mol. The van der Waals surface area contributed by atoms with E-state index in [9.17, 15) is 5.26 Å². The lowest BCUT2D eigenvalue weighted by atomic mass is 10.1. The zero-order valence-electron chi connectivity index (χ0n) is 20.7. The van der Waals surface area contributed by atoms with Crippen LogP contribution in [-0.4, -0.2) is 23.4 Å². The average Bonchev–Trinajstić information content (AvgIpc) is 3.17. The molecule has 0 amide bonds. The molecule has 1 heterocycles. The molecule has 1 N–H and O–H groups in total. The van der Waals surface area contributed by atoms with Gasteiger partial charge in [-0.15, -0.1) is 0 Å². The summed E-state index contributed by atoms with van der Waals surface area (Å²) in [5, 5.41) is 18.8. The predicted molar refractivity (Wildman–Crippen MR) is 137 cm³/mol. The van der Waals surface area contributed by atoms with E-state index < -0.39 is 0 Å². The molecule has 1 aromatic heterocycles. The first-order chi connectivity index (χ1) is 15.6. The SMILES string of the molecule is CC.CCCOCCC.CCc1cccc(/C=C/c2n[nH]c3c2=C(C)C(C#N)=CCC=3)c1. The zero-order valence-corrected chi connectivity index (χ0v) is 20.7. The summed E-state index contributed by atoms with van der Waals surface area (Å²) in [6, 6.07) is 10.8. The van der Waals surface area contributed by atoms with Crippen molar-refractivity contribution in [1.82, 2.24) is 10.2 Å². The van der Waals surface area contributed by atoms with Crippen LogP contribution in [0.1, 0.15) is 77.6 Å². The van der Waals surface area contributed by atoms with Crippen molar-refractivity contribution in [2.75, 3.05) is 13.2 Å². The fraction of sp³-hybridized carbons (Fsp3) is 0.429. The second kappa shape index (κ2) is 15.8. The molecule has 4 heteroatoms. The Balaban J connectivity index is 0.000000488. The third-order valence-electron chi connectivity index (χ3n) is 4.86. The van der Waals surface area contributed by atoms with Gasteiger partial charge in [0, 0.05) is 18.4 Å². The minimum atomic E-state index is 0.726. The van der Waals surface area contributed by atoms with Crippen LogP contribution in [0.2, 0.25) is 0 Å². The summed E-state index contributed by atoms with van der Waals surface area (Å²) in [5.74, 6) is 0. The Kier molecular flexibility index (Phi) is 13.4. The number of fused-ring (bicyclic) bond motifs is 1. The number of aryl methyl sites for hydroxylation is 1. The van der Waals surface area contributed by atoms with Gasteiger partial charge in [-0.1, -0.05) is 77.1 Å². The smallest absolute Gasteiger partial charge is 0.0991 e. The lowest BCUT2D eigenvalue weighted by Gasteiger charge is -1.98. The van der Waals surface area contributed by atoms with Gasteiger partial charge >= 0.3 is 0 Å². The maximum atomic E-state index is 9.30. The van der Waals surface area contributed by atoms with Gasteiger partial charge in [-0.25, -0.2) is 0 Å². The van der Waals surface area contributed by atoms with Crippen molar-refractivity contribution in [2.45, 2.75) is 67.2 Å². The number of ether oxygens (including phenoxy) is 1. The van der Waals surface area contributed by atoms with Crippen molar-refractivity contribution in [1.29, 1.82) is 5.26 Å². The molecule has 1 aromatic carbocycles. The molecule has 0 bridgehead atoms. The summed E-state index contributed by atoms with van der Waals surface area (Å²) >= 11 is 0. The summed E-state index contributed by atoms with van der Waals surface area (Å²) < 4.78 is 5.13. The Morgan fingerprint density at radius 2 is 1.81 bits per heavy atom. The van der Waals surface area contributed by atoms with Crippen molar-refractivity contribution in [3.05, 3.63) is 63.3 Å². The number of rotatable bonds is 7. The lowest BCUT2D eigenvalue weighted by molar-refractivity contribution is 0.135. The quantitative estimate of drug-likeness (QED) is 0.562. The molecule has 4 nitrogen and oxygen atoms in total. The maximum absolute atomic E-state index is 9.30.